The number of rotatable bonds is 4. The van der Waals surface area contributed by atoms with Crippen molar-refractivity contribution in [3.63, 3.8) is 0 Å². The summed E-state index contributed by atoms with van der Waals surface area (Å²) in [7, 11) is 0. The van der Waals surface area contributed by atoms with Gasteiger partial charge in [-0.3, -0.25) is 0 Å². The highest BCUT2D eigenvalue weighted by atomic mass is 15.2. The highest BCUT2D eigenvalue weighted by Crippen LogP contribution is 2.24. The molecule has 1 aromatic rings. The third-order valence-corrected chi connectivity index (χ3v) is 3.68. The molecule has 1 aliphatic heterocycles. The summed E-state index contributed by atoms with van der Waals surface area (Å²) in [5.41, 5.74) is 4.38. The molecule has 2 heteroatoms. The first-order valence-electron chi connectivity index (χ1n) is 7.22. The minimum Gasteiger partial charge on any atom is -0.369 e. The van der Waals surface area contributed by atoms with Gasteiger partial charge in [0.05, 0.1) is 0 Å². The second kappa shape index (κ2) is 6.24. The Kier molecular flexibility index (Phi) is 4.65. The number of anilines is 1. The van der Waals surface area contributed by atoms with Gasteiger partial charge in [0.2, 0.25) is 0 Å². The molecule has 0 spiro atoms. The summed E-state index contributed by atoms with van der Waals surface area (Å²) >= 11 is 0. The maximum atomic E-state index is 3.42. The Morgan fingerprint density at radius 1 is 1.22 bits per heavy atom. The van der Waals surface area contributed by atoms with Crippen LogP contribution in [0.25, 0.3) is 0 Å². The van der Waals surface area contributed by atoms with Crippen molar-refractivity contribution in [2.45, 2.75) is 33.6 Å². The van der Waals surface area contributed by atoms with Crippen molar-refractivity contribution in [3.05, 3.63) is 29.3 Å². The molecule has 2 rings (SSSR count). The lowest BCUT2D eigenvalue weighted by Gasteiger charge is -2.31. The summed E-state index contributed by atoms with van der Waals surface area (Å²) in [5, 5.41) is 3.42. The van der Waals surface area contributed by atoms with Crippen molar-refractivity contribution in [2.75, 3.05) is 31.1 Å². The molecule has 1 fully saturated rings. The van der Waals surface area contributed by atoms with Gasteiger partial charge in [0.25, 0.3) is 0 Å². The molecule has 1 saturated heterocycles. The van der Waals surface area contributed by atoms with Crippen molar-refractivity contribution in [2.24, 2.45) is 5.92 Å². The van der Waals surface area contributed by atoms with E-state index in [9.17, 15) is 0 Å². The maximum Gasteiger partial charge on any atom is 0.0399 e. The molecule has 0 aliphatic carbocycles. The van der Waals surface area contributed by atoms with E-state index in [1.54, 1.807) is 0 Å². The molecule has 1 heterocycles. The smallest absolute Gasteiger partial charge is 0.0399 e. The first-order chi connectivity index (χ1) is 8.66. The average molecular weight is 246 g/mol. The highest BCUT2D eigenvalue weighted by Gasteiger charge is 2.14. The van der Waals surface area contributed by atoms with Crippen LogP contribution in [0.5, 0.6) is 0 Å². The third kappa shape index (κ3) is 3.49. The van der Waals surface area contributed by atoms with Crippen LogP contribution in [0.3, 0.4) is 0 Å². The molecule has 0 unspecified atom stereocenters. The molecule has 100 valence electrons. The Morgan fingerprint density at radius 2 is 1.94 bits per heavy atom. The van der Waals surface area contributed by atoms with E-state index in [0.29, 0.717) is 0 Å². The van der Waals surface area contributed by atoms with E-state index in [1.165, 1.54) is 29.7 Å². The Morgan fingerprint density at radius 3 is 2.61 bits per heavy atom. The Balaban J connectivity index is 2.16. The zero-order valence-electron chi connectivity index (χ0n) is 12.0. The predicted octanol–water partition coefficient (Wildman–Crippen LogP) is 2.99. The molecule has 1 aromatic carbocycles. The van der Waals surface area contributed by atoms with E-state index in [2.05, 4.69) is 49.2 Å². The van der Waals surface area contributed by atoms with Crippen LogP contribution < -0.4 is 10.2 Å². The molecule has 0 bridgehead atoms. The summed E-state index contributed by atoms with van der Waals surface area (Å²) in [5.74, 6) is 0.779. The number of hydrogen-bond acceptors (Lipinski definition) is 2. The first-order valence-corrected chi connectivity index (χ1v) is 7.22. The fraction of sp³-hybridized carbons (Fsp3) is 0.625. The Labute approximate surface area is 111 Å². The third-order valence-electron chi connectivity index (χ3n) is 3.68. The standard InChI is InChI=1S/C16H26N2/c1-13(2)4-6-15-12-14(3)5-7-16(15)18-10-8-17-9-11-18/h5,7,12-13,17H,4,6,8-11H2,1-3H3. The summed E-state index contributed by atoms with van der Waals surface area (Å²) in [6.07, 6.45) is 2.49. The maximum absolute atomic E-state index is 3.42. The second-order valence-electron chi connectivity index (χ2n) is 5.80. The molecule has 0 saturated carbocycles. The highest BCUT2D eigenvalue weighted by molar-refractivity contribution is 5.55. The van der Waals surface area contributed by atoms with Gasteiger partial charge in [0.15, 0.2) is 0 Å². The fourth-order valence-corrected chi connectivity index (χ4v) is 2.57. The van der Waals surface area contributed by atoms with E-state index < -0.39 is 0 Å². The summed E-state index contributed by atoms with van der Waals surface area (Å²) in [4.78, 5) is 2.53. The van der Waals surface area contributed by atoms with Crippen LogP contribution in [0, 0.1) is 12.8 Å². The normalized spacial score (nSPS) is 16.3. The number of hydrogen-bond donors (Lipinski definition) is 1. The average Bonchev–Trinajstić information content (AvgIpc) is 2.37. The van der Waals surface area contributed by atoms with E-state index in [4.69, 9.17) is 0 Å². The zero-order valence-corrected chi connectivity index (χ0v) is 12.0. The minimum absolute atomic E-state index is 0.779. The van der Waals surface area contributed by atoms with Gasteiger partial charge in [0, 0.05) is 31.9 Å². The van der Waals surface area contributed by atoms with Crippen LogP contribution >= 0.6 is 0 Å². The van der Waals surface area contributed by atoms with E-state index in [1.807, 2.05) is 0 Å². The Bertz CT molecular complexity index is 379. The first kappa shape index (κ1) is 13.4. The molecule has 1 aliphatic rings. The van der Waals surface area contributed by atoms with Crippen molar-refractivity contribution < 1.29 is 0 Å². The van der Waals surface area contributed by atoms with Gasteiger partial charge >= 0.3 is 0 Å². The van der Waals surface area contributed by atoms with Crippen LogP contribution in [0.1, 0.15) is 31.4 Å². The molecule has 18 heavy (non-hydrogen) atoms. The molecular formula is C16H26N2. The van der Waals surface area contributed by atoms with Gasteiger partial charge in [-0.25, -0.2) is 0 Å². The van der Waals surface area contributed by atoms with Gasteiger partial charge in [-0.15, -0.1) is 0 Å². The zero-order chi connectivity index (χ0) is 13.0. The second-order valence-corrected chi connectivity index (χ2v) is 5.80. The van der Waals surface area contributed by atoms with Crippen LogP contribution in [0.15, 0.2) is 18.2 Å². The largest absolute Gasteiger partial charge is 0.369 e. The molecule has 2 nitrogen and oxygen atoms in total. The minimum atomic E-state index is 0.779. The lowest BCUT2D eigenvalue weighted by atomic mass is 9.99. The molecule has 0 aromatic heterocycles. The van der Waals surface area contributed by atoms with Gasteiger partial charge in [-0.1, -0.05) is 31.5 Å². The van der Waals surface area contributed by atoms with Crippen molar-refractivity contribution in [3.8, 4) is 0 Å². The summed E-state index contributed by atoms with van der Waals surface area (Å²) < 4.78 is 0. The molecular weight excluding hydrogens is 220 g/mol. The molecule has 0 radical (unpaired) electrons. The van der Waals surface area contributed by atoms with Crippen LogP contribution in [0.2, 0.25) is 0 Å². The number of nitrogens with zero attached hydrogens (tertiary/aromatic N) is 1. The van der Waals surface area contributed by atoms with E-state index in [-0.39, 0.29) is 0 Å². The SMILES string of the molecule is Cc1ccc(N2CCNCC2)c(CCC(C)C)c1. The number of nitrogens with one attached hydrogen (secondary N) is 1. The fourth-order valence-electron chi connectivity index (χ4n) is 2.57. The topological polar surface area (TPSA) is 15.3 Å². The number of benzene rings is 1. The van der Waals surface area contributed by atoms with Gasteiger partial charge in [-0.2, -0.15) is 0 Å². The van der Waals surface area contributed by atoms with Gasteiger partial charge in [-0.05, 0) is 37.3 Å². The van der Waals surface area contributed by atoms with Crippen LogP contribution in [-0.2, 0) is 6.42 Å². The molecule has 1 N–H and O–H groups in total. The summed E-state index contributed by atoms with van der Waals surface area (Å²) in [6.45, 7) is 11.3. The van der Waals surface area contributed by atoms with E-state index >= 15 is 0 Å². The quantitative estimate of drug-likeness (QED) is 0.878. The van der Waals surface area contributed by atoms with Crippen molar-refractivity contribution in [1.29, 1.82) is 0 Å². The van der Waals surface area contributed by atoms with E-state index in [0.717, 1.165) is 32.1 Å². The van der Waals surface area contributed by atoms with Crippen molar-refractivity contribution in [1.82, 2.24) is 5.32 Å². The Hall–Kier alpha value is -1.02. The lowest BCUT2D eigenvalue weighted by Crippen LogP contribution is -2.43. The lowest BCUT2D eigenvalue weighted by molar-refractivity contribution is 0.574. The van der Waals surface area contributed by atoms with Crippen molar-refractivity contribution >= 4 is 5.69 Å². The number of piperazine rings is 1. The number of aryl methyl sites for hydroxylation is 2. The molecule has 0 amide bonds. The molecule has 0 atom stereocenters. The van der Waals surface area contributed by atoms with Gasteiger partial charge < -0.3 is 10.2 Å². The summed E-state index contributed by atoms with van der Waals surface area (Å²) in [6, 6.07) is 6.94. The van der Waals surface area contributed by atoms with Crippen LogP contribution in [0.4, 0.5) is 5.69 Å². The monoisotopic (exact) mass is 246 g/mol. The predicted molar refractivity (Wildman–Crippen MR) is 79.4 cm³/mol. The van der Waals surface area contributed by atoms with Crippen LogP contribution in [-0.4, -0.2) is 26.2 Å². The van der Waals surface area contributed by atoms with Gasteiger partial charge in [0.1, 0.15) is 0 Å².